The van der Waals surface area contributed by atoms with Gasteiger partial charge in [0.2, 0.25) is 5.95 Å². The van der Waals surface area contributed by atoms with E-state index in [1.54, 1.807) is 7.11 Å². The molecule has 1 atom stereocenters. The van der Waals surface area contributed by atoms with Gasteiger partial charge in [0.1, 0.15) is 6.10 Å². The number of anilines is 1. The lowest BCUT2D eigenvalue weighted by Gasteiger charge is -2.17. The third-order valence-corrected chi connectivity index (χ3v) is 3.45. The van der Waals surface area contributed by atoms with Gasteiger partial charge in [-0.15, -0.1) is 5.10 Å². The lowest BCUT2D eigenvalue weighted by molar-refractivity contribution is 0.223. The minimum Gasteiger partial charge on any atom is -0.493 e. The van der Waals surface area contributed by atoms with Crippen molar-refractivity contribution < 1.29 is 9.47 Å². The molecule has 2 aromatic rings. The van der Waals surface area contributed by atoms with Gasteiger partial charge in [0.25, 0.3) is 0 Å². The average molecular weight is 316 g/mol. The molecule has 0 aliphatic heterocycles. The third-order valence-electron chi connectivity index (χ3n) is 3.45. The predicted octanol–water partition coefficient (Wildman–Crippen LogP) is 2.88. The summed E-state index contributed by atoms with van der Waals surface area (Å²) in [5.74, 6) is 1.98. The first kappa shape index (κ1) is 17.0. The van der Waals surface area contributed by atoms with E-state index in [-0.39, 0.29) is 6.10 Å². The number of methoxy groups -OCH3 is 1. The maximum Gasteiger partial charge on any atom is 0.243 e. The second-order valence-electron chi connectivity index (χ2n) is 5.20. The van der Waals surface area contributed by atoms with Gasteiger partial charge in [-0.1, -0.05) is 26.0 Å². The minimum absolute atomic E-state index is 0.0640. The number of aromatic nitrogens is 3. The average Bonchev–Trinajstić information content (AvgIpc) is 2.60. The highest BCUT2D eigenvalue weighted by atomic mass is 16.5. The molecule has 1 unspecified atom stereocenters. The molecule has 23 heavy (non-hydrogen) atoms. The van der Waals surface area contributed by atoms with Crippen LogP contribution in [-0.2, 0) is 12.8 Å². The Kier molecular flexibility index (Phi) is 6.14. The fourth-order valence-electron chi connectivity index (χ4n) is 2.22. The zero-order valence-electron chi connectivity index (χ0n) is 14.2. The quantitative estimate of drug-likeness (QED) is 0.807. The molecule has 0 bridgehead atoms. The molecule has 1 aromatic heterocycles. The molecule has 0 spiro atoms. The van der Waals surface area contributed by atoms with Crippen LogP contribution in [-0.4, -0.2) is 34.9 Å². The van der Waals surface area contributed by atoms with Crippen LogP contribution in [0.5, 0.6) is 11.5 Å². The summed E-state index contributed by atoms with van der Waals surface area (Å²) < 4.78 is 11.2. The summed E-state index contributed by atoms with van der Waals surface area (Å²) in [5.41, 5.74) is 1.94. The van der Waals surface area contributed by atoms with E-state index in [0.717, 1.165) is 35.7 Å². The van der Waals surface area contributed by atoms with E-state index in [4.69, 9.17) is 9.47 Å². The van der Waals surface area contributed by atoms with Crippen molar-refractivity contribution in [1.82, 2.24) is 15.2 Å². The largest absolute Gasteiger partial charge is 0.493 e. The Hall–Kier alpha value is -2.37. The standard InChI is InChI=1S/C17H24N4O2/c1-5-13-14(6-2)20-21-17(19-13)18-11-12(3)23-16-10-8-7-9-15(16)22-4/h7-10,12H,5-6,11H2,1-4H3,(H,18,19,21). The van der Waals surface area contributed by atoms with Crippen molar-refractivity contribution in [1.29, 1.82) is 0 Å². The van der Waals surface area contributed by atoms with Crippen molar-refractivity contribution in [3.8, 4) is 11.5 Å². The third kappa shape index (κ3) is 4.55. The van der Waals surface area contributed by atoms with E-state index in [9.17, 15) is 0 Å². The number of rotatable bonds is 8. The molecular weight excluding hydrogens is 292 g/mol. The Morgan fingerprint density at radius 3 is 2.39 bits per heavy atom. The molecule has 1 aromatic carbocycles. The van der Waals surface area contributed by atoms with Gasteiger partial charge >= 0.3 is 0 Å². The molecule has 0 saturated carbocycles. The normalized spacial score (nSPS) is 11.8. The highest BCUT2D eigenvalue weighted by Crippen LogP contribution is 2.26. The van der Waals surface area contributed by atoms with Crippen LogP contribution in [0.3, 0.4) is 0 Å². The second-order valence-corrected chi connectivity index (χ2v) is 5.20. The summed E-state index contributed by atoms with van der Waals surface area (Å²) in [6.45, 7) is 6.68. The van der Waals surface area contributed by atoms with E-state index in [2.05, 4.69) is 34.3 Å². The molecule has 0 amide bonds. The highest BCUT2D eigenvalue weighted by molar-refractivity contribution is 5.39. The number of hydrogen-bond donors (Lipinski definition) is 1. The number of nitrogens with zero attached hydrogens (tertiary/aromatic N) is 3. The molecule has 0 fully saturated rings. The van der Waals surface area contributed by atoms with Gasteiger partial charge < -0.3 is 14.8 Å². The second kappa shape index (κ2) is 8.31. The van der Waals surface area contributed by atoms with Crippen molar-refractivity contribution in [3.05, 3.63) is 35.7 Å². The van der Waals surface area contributed by atoms with Gasteiger partial charge in [-0.3, -0.25) is 0 Å². The smallest absolute Gasteiger partial charge is 0.243 e. The SMILES string of the molecule is CCc1nnc(NCC(C)Oc2ccccc2OC)nc1CC. The lowest BCUT2D eigenvalue weighted by atomic mass is 10.2. The van der Waals surface area contributed by atoms with Crippen LogP contribution in [0.1, 0.15) is 32.2 Å². The predicted molar refractivity (Wildman–Crippen MR) is 90.2 cm³/mol. The fraction of sp³-hybridized carbons (Fsp3) is 0.471. The van der Waals surface area contributed by atoms with E-state index in [1.807, 2.05) is 31.2 Å². The summed E-state index contributed by atoms with van der Waals surface area (Å²) in [5, 5.41) is 11.5. The fourth-order valence-corrected chi connectivity index (χ4v) is 2.22. The van der Waals surface area contributed by atoms with Crippen LogP contribution in [0, 0.1) is 0 Å². The van der Waals surface area contributed by atoms with Crippen LogP contribution in [0.4, 0.5) is 5.95 Å². The lowest BCUT2D eigenvalue weighted by Crippen LogP contribution is -2.24. The Balaban J connectivity index is 1.95. The summed E-state index contributed by atoms with van der Waals surface area (Å²) in [7, 11) is 1.63. The molecule has 0 radical (unpaired) electrons. The van der Waals surface area contributed by atoms with Crippen molar-refractivity contribution in [2.75, 3.05) is 19.0 Å². The van der Waals surface area contributed by atoms with Crippen molar-refractivity contribution in [3.63, 3.8) is 0 Å². The Labute approximate surface area is 137 Å². The van der Waals surface area contributed by atoms with Gasteiger partial charge in [0, 0.05) is 0 Å². The number of ether oxygens (including phenoxy) is 2. The number of hydrogen-bond acceptors (Lipinski definition) is 6. The van der Waals surface area contributed by atoms with Crippen LogP contribution >= 0.6 is 0 Å². The maximum atomic E-state index is 5.90. The molecule has 0 saturated heterocycles. The maximum absolute atomic E-state index is 5.90. The van der Waals surface area contributed by atoms with Crippen LogP contribution in [0.25, 0.3) is 0 Å². The number of nitrogens with one attached hydrogen (secondary N) is 1. The van der Waals surface area contributed by atoms with Crippen molar-refractivity contribution in [2.45, 2.75) is 39.7 Å². The van der Waals surface area contributed by atoms with Crippen molar-refractivity contribution in [2.24, 2.45) is 0 Å². The Morgan fingerprint density at radius 1 is 1.04 bits per heavy atom. The molecule has 0 aliphatic rings. The topological polar surface area (TPSA) is 69.2 Å². The summed E-state index contributed by atoms with van der Waals surface area (Å²) in [6.07, 6.45) is 1.63. The molecule has 124 valence electrons. The zero-order chi connectivity index (χ0) is 16.7. The zero-order valence-corrected chi connectivity index (χ0v) is 14.2. The number of para-hydroxylation sites is 2. The minimum atomic E-state index is -0.0640. The monoisotopic (exact) mass is 316 g/mol. The number of benzene rings is 1. The van der Waals surface area contributed by atoms with Gasteiger partial charge in [0.05, 0.1) is 25.0 Å². The van der Waals surface area contributed by atoms with E-state index >= 15 is 0 Å². The molecule has 1 N–H and O–H groups in total. The first-order valence-electron chi connectivity index (χ1n) is 7.93. The van der Waals surface area contributed by atoms with E-state index < -0.39 is 0 Å². The molecule has 6 nitrogen and oxygen atoms in total. The molecule has 1 heterocycles. The van der Waals surface area contributed by atoms with E-state index in [1.165, 1.54) is 0 Å². The van der Waals surface area contributed by atoms with Gasteiger partial charge in [-0.25, -0.2) is 4.98 Å². The summed E-state index contributed by atoms with van der Waals surface area (Å²) in [4.78, 5) is 4.51. The Bertz CT molecular complexity index is 634. The molecule has 2 rings (SSSR count). The summed E-state index contributed by atoms with van der Waals surface area (Å²) >= 11 is 0. The Morgan fingerprint density at radius 2 is 1.74 bits per heavy atom. The first-order chi connectivity index (χ1) is 11.2. The molecular formula is C17H24N4O2. The van der Waals surface area contributed by atoms with E-state index in [0.29, 0.717) is 12.5 Å². The van der Waals surface area contributed by atoms with Gasteiger partial charge in [0.15, 0.2) is 11.5 Å². The molecule has 0 aliphatic carbocycles. The summed E-state index contributed by atoms with van der Waals surface area (Å²) in [6, 6.07) is 7.59. The molecule has 6 heteroatoms. The van der Waals surface area contributed by atoms with Gasteiger partial charge in [-0.05, 0) is 31.9 Å². The van der Waals surface area contributed by atoms with Gasteiger partial charge in [-0.2, -0.15) is 5.10 Å². The first-order valence-corrected chi connectivity index (χ1v) is 7.93. The van der Waals surface area contributed by atoms with Crippen LogP contribution in [0.15, 0.2) is 24.3 Å². The van der Waals surface area contributed by atoms with Crippen LogP contribution in [0.2, 0.25) is 0 Å². The van der Waals surface area contributed by atoms with Crippen LogP contribution < -0.4 is 14.8 Å². The number of aryl methyl sites for hydroxylation is 2. The van der Waals surface area contributed by atoms with Crippen molar-refractivity contribution >= 4 is 5.95 Å². The highest BCUT2D eigenvalue weighted by Gasteiger charge is 2.10.